The zero-order valence-electron chi connectivity index (χ0n) is 9.45. The molecule has 1 aromatic rings. The fourth-order valence-corrected chi connectivity index (χ4v) is 1.43. The Morgan fingerprint density at radius 1 is 1.21 bits per heavy atom. The largest absolute Gasteiger partial charge is 0.337 e. The standard InChI is InChI=1S/C10H13NS.C2H6/c1-3-11(9(2)12)10-7-5-4-6-8-10;1-2/h4-8H,3H2,1-2H3;1-2H3. The van der Waals surface area contributed by atoms with Crippen LogP contribution in [0, 0.1) is 0 Å². The third-order valence-corrected chi connectivity index (χ3v) is 1.98. The molecule has 0 aliphatic rings. The maximum Gasteiger partial charge on any atom is 0.0792 e. The summed E-state index contributed by atoms with van der Waals surface area (Å²) in [6.45, 7) is 8.98. The van der Waals surface area contributed by atoms with Crippen LogP contribution in [0.2, 0.25) is 0 Å². The van der Waals surface area contributed by atoms with E-state index in [1.165, 1.54) is 5.69 Å². The first-order chi connectivity index (χ1) is 6.75. The second-order valence-corrected chi connectivity index (χ2v) is 3.19. The molecule has 2 heteroatoms. The third-order valence-electron chi connectivity index (χ3n) is 1.76. The Bertz CT molecular complexity index is 256. The van der Waals surface area contributed by atoms with E-state index in [1.54, 1.807) is 0 Å². The fourth-order valence-electron chi connectivity index (χ4n) is 1.19. The molecule has 0 amide bonds. The van der Waals surface area contributed by atoms with Crippen LogP contribution in [0.1, 0.15) is 27.7 Å². The molecule has 0 aromatic heterocycles. The molecule has 1 aromatic carbocycles. The molecule has 0 aliphatic carbocycles. The van der Waals surface area contributed by atoms with Crippen molar-refractivity contribution in [2.75, 3.05) is 11.4 Å². The summed E-state index contributed by atoms with van der Waals surface area (Å²) in [6, 6.07) is 10.2. The molecule has 0 heterocycles. The van der Waals surface area contributed by atoms with E-state index >= 15 is 0 Å². The topological polar surface area (TPSA) is 3.24 Å². The lowest BCUT2D eigenvalue weighted by molar-refractivity contribution is 1.06. The third kappa shape index (κ3) is 3.88. The molecule has 0 saturated heterocycles. The maximum absolute atomic E-state index is 5.12. The van der Waals surface area contributed by atoms with Gasteiger partial charge in [-0.2, -0.15) is 0 Å². The SMILES string of the molecule is CC.CCN(C(C)=S)c1ccccc1. The number of rotatable bonds is 2. The normalized spacial score (nSPS) is 8.57. The van der Waals surface area contributed by atoms with E-state index in [9.17, 15) is 0 Å². The van der Waals surface area contributed by atoms with Gasteiger partial charge in [0.15, 0.2) is 0 Å². The van der Waals surface area contributed by atoms with Crippen LogP contribution in [-0.4, -0.2) is 11.5 Å². The van der Waals surface area contributed by atoms with Gasteiger partial charge < -0.3 is 4.90 Å². The van der Waals surface area contributed by atoms with Crippen molar-refractivity contribution in [3.63, 3.8) is 0 Å². The number of hydrogen-bond donors (Lipinski definition) is 0. The molecule has 0 bridgehead atoms. The number of benzene rings is 1. The van der Waals surface area contributed by atoms with Gasteiger partial charge in [-0.25, -0.2) is 0 Å². The summed E-state index contributed by atoms with van der Waals surface area (Å²) < 4.78 is 0. The molecule has 78 valence electrons. The minimum atomic E-state index is 0.920. The van der Waals surface area contributed by atoms with E-state index in [2.05, 4.69) is 24.0 Å². The van der Waals surface area contributed by atoms with E-state index < -0.39 is 0 Å². The molecule has 0 spiro atoms. The monoisotopic (exact) mass is 209 g/mol. The van der Waals surface area contributed by atoms with Crippen molar-refractivity contribution in [3.8, 4) is 0 Å². The van der Waals surface area contributed by atoms with Crippen LogP contribution in [0.3, 0.4) is 0 Å². The summed E-state index contributed by atoms with van der Waals surface area (Å²) in [7, 11) is 0. The Morgan fingerprint density at radius 2 is 1.71 bits per heavy atom. The average Bonchev–Trinajstić information content (AvgIpc) is 2.23. The Morgan fingerprint density at radius 3 is 2.07 bits per heavy atom. The molecule has 0 saturated carbocycles. The lowest BCUT2D eigenvalue weighted by Crippen LogP contribution is -2.26. The molecular formula is C12H19NS. The first-order valence-corrected chi connectivity index (χ1v) is 5.49. The van der Waals surface area contributed by atoms with Gasteiger partial charge in [0.2, 0.25) is 0 Å². The van der Waals surface area contributed by atoms with Gasteiger partial charge in [0.25, 0.3) is 0 Å². The second kappa shape index (κ2) is 7.51. The van der Waals surface area contributed by atoms with Crippen LogP contribution in [0.5, 0.6) is 0 Å². The first-order valence-electron chi connectivity index (χ1n) is 5.09. The summed E-state index contributed by atoms with van der Waals surface area (Å²) in [4.78, 5) is 3.03. The summed E-state index contributed by atoms with van der Waals surface area (Å²) >= 11 is 5.12. The zero-order chi connectivity index (χ0) is 11.0. The van der Waals surface area contributed by atoms with Gasteiger partial charge in [-0.05, 0) is 26.0 Å². The van der Waals surface area contributed by atoms with Gasteiger partial charge in [-0.3, -0.25) is 0 Å². The summed E-state index contributed by atoms with van der Waals surface area (Å²) in [6.07, 6.45) is 0. The van der Waals surface area contributed by atoms with Crippen LogP contribution in [0.4, 0.5) is 5.69 Å². The summed E-state index contributed by atoms with van der Waals surface area (Å²) in [5.41, 5.74) is 1.17. The Labute approximate surface area is 92.7 Å². The van der Waals surface area contributed by atoms with Gasteiger partial charge in [0.05, 0.1) is 4.99 Å². The predicted octanol–water partition coefficient (Wildman–Crippen LogP) is 3.89. The van der Waals surface area contributed by atoms with Crippen molar-refractivity contribution in [3.05, 3.63) is 30.3 Å². The van der Waals surface area contributed by atoms with Crippen molar-refractivity contribution in [2.45, 2.75) is 27.7 Å². The molecule has 0 aliphatic heterocycles. The molecule has 1 nitrogen and oxygen atoms in total. The van der Waals surface area contributed by atoms with Crippen molar-refractivity contribution < 1.29 is 0 Å². The van der Waals surface area contributed by atoms with Crippen LogP contribution < -0.4 is 4.90 Å². The van der Waals surface area contributed by atoms with Crippen LogP contribution in [0.15, 0.2) is 30.3 Å². The molecule has 0 atom stereocenters. The van der Waals surface area contributed by atoms with Crippen molar-refractivity contribution in [1.82, 2.24) is 0 Å². The van der Waals surface area contributed by atoms with E-state index in [1.807, 2.05) is 39.0 Å². The van der Waals surface area contributed by atoms with E-state index in [0.717, 1.165) is 11.5 Å². The predicted molar refractivity (Wildman–Crippen MR) is 69.1 cm³/mol. The molecule has 0 unspecified atom stereocenters. The Hall–Kier alpha value is -0.890. The highest BCUT2D eigenvalue weighted by atomic mass is 32.1. The smallest absolute Gasteiger partial charge is 0.0792 e. The highest BCUT2D eigenvalue weighted by Gasteiger charge is 2.03. The van der Waals surface area contributed by atoms with Crippen LogP contribution in [-0.2, 0) is 0 Å². The highest BCUT2D eigenvalue weighted by Crippen LogP contribution is 2.13. The van der Waals surface area contributed by atoms with Crippen LogP contribution in [0.25, 0.3) is 0 Å². The lowest BCUT2D eigenvalue weighted by Gasteiger charge is -2.21. The number of anilines is 1. The van der Waals surface area contributed by atoms with Gasteiger partial charge in [-0.15, -0.1) is 0 Å². The second-order valence-electron chi connectivity index (χ2n) is 2.60. The molecule has 0 radical (unpaired) electrons. The van der Waals surface area contributed by atoms with Crippen molar-refractivity contribution >= 4 is 22.9 Å². The maximum atomic E-state index is 5.12. The van der Waals surface area contributed by atoms with Gasteiger partial charge in [-0.1, -0.05) is 44.3 Å². The molecule has 14 heavy (non-hydrogen) atoms. The Balaban J connectivity index is 0.000000791. The number of thiocarbonyl (C=S) groups is 1. The van der Waals surface area contributed by atoms with E-state index in [0.29, 0.717) is 0 Å². The lowest BCUT2D eigenvalue weighted by atomic mass is 10.3. The Kier molecular flexibility index (Phi) is 7.03. The fraction of sp³-hybridized carbons (Fsp3) is 0.417. The molecule has 0 N–H and O–H groups in total. The van der Waals surface area contributed by atoms with Crippen molar-refractivity contribution in [1.29, 1.82) is 0 Å². The summed E-state index contributed by atoms with van der Waals surface area (Å²) in [5.74, 6) is 0. The molecular weight excluding hydrogens is 190 g/mol. The van der Waals surface area contributed by atoms with Gasteiger partial charge >= 0.3 is 0 Å². The van der Waals surface area contributed by atoms with E-state index in [-0.39, 0.29) is 0 Å². The molecule has 0 fully saturated rings. The molecule has 1 rings (SSSR count). The summed E-state index contributed by atoms with van der Waals surface area (Å²) in [5, 5.41) is 0. The quantitative estimate of drug-likeness (QED) is 0.680. The number of para-hydroxylation sites is 1. The highest BCUT2D eigenvalue weighted by molar-refractivity contribution is 7.80. The minimum Gasteiger partial charge on any atom is -0.337 e. The van der Waals surface area contributed by atoms with Gasteiger partial charge in [0, 0.05) is 12.2 Å². The van der Waals surface area contributed by atoms with Gasteiger partial charge in [0.1, 0.15) is 0 Å². The van der Waals surface area contributed by atoms with Crippen molar-refractivity contribution in [2.24, 2.45) is 0 Å². The minimum absolute atomic E-state index is 0.920. The van der Waals surface area contributed by atoms with Crippen LogP contribution >= 0.6 is 12.2 Å². The first kappa shape index (κ1) is 13.1. The van der Waals surface area contributed by atoms with E-state index in [4.69, 9.17) is 12.2 Å². The number of hydrogen-bond acceptors (Lipinski definition) is 1. The average molecular weight is 209 g/mol. The number of nitrogens with zero attached hydrogens (tertiary/aromatic N) is 1. The zero-order valence-corrected chi connectivity index (χ0v) is 10.3.